The van der Waals surface area contributed by atoms with E-state index >= 15 is 0 Å². The summed E-state index contributed by atoms with van der Waals surface area (Å²) in [6.45, 7) is 0. The maximum Gasteiger partial charge on any atom is 0.336 e. The Morgan fingerprint density at radius 2 is 1.29 bits per heavy atom. The Hall–Kier alpha value is -2.51. The van der Waals surface area contributed by atoms with E-state index in [1.165, 1.54) is 0 Å². The van der Waals surface area contributed by atoms with Crippen LogP contribution in [0.15, 0.2) is 18.2 Å². The van der Waals surface area contributed by atoms with Crippen molar-refractivity contribution < 1.29 is 36.2 Å². The highest BCUT2D eigenvalue weighted by atomic mass is 19.2. The monoisotopic (exact) mass is 306 g/mol. The van der Waals surface area contributed by atoms with Gasteiger partial charge >= 0.3 is 5.97 Å². The zero-order valence-electron chi connectivity index (χ0n) is 9.86. The fraction of sp³-hybridized carbons (Fsp3) is 0. The Bertz CT molecular complexity index is 728. The van der Waals surface area contributed by atoms with E-state index < -0.39 is 57.6 Å². The van der Waals surface area contributed by atoms with E-state index in [9.17, 15) is 31.1 Å². The number of carboxylic acids is 1. The summed E-state index contributed by atoms with van der Waals surface area (Å²) in [6.07, 6.45) is 0. The molecule has 110 valence electrons. The number of hydrogen-bond donors (Lipinski definition) is 1. The lowest BCUT2D eigenvalue weighted by Crippen LogP contribution is -2.07. The van der Waals surface area contributed by atoms with Gasteiger partial charge in [-0.3, -0.25) is 0 Å². The van der Waals surface area contributed by atoms with Crippen LogP contribution in [-0.4, -0.2) is 11.1 Å². The van der Waals surface area contributed by atoms with Gasteiger partial charge in [0.25, 0.3) is 0 Å². The molecule has 0 aliphatic carbocycles. The lowest BCUT2D eigenvalue weighted by atomic mass is 9.98. The quantitative estimate of drug-likeness (QED) is 0.519. The summed E-state index contributed by atoms with van der Waals surface area (Å²) < 4.78 is 79.6. The summed E-state index contributed by atoms with van der Waals surface area (Å²) >= 11 is 0. The van der Waals surface area contributed by atoms with E-state index in [0.29, 0.717) is 18.2 Å². The molecular weight excluding hydrogens is 302 g/mol. The van der Waals surface area contributed by atoms with Crippen LogP contribution in [0.5, 0.6) is 0 Å². The van der Waals surface area contributed by atoms with Gasteiger partial charge in [0.05, 0.1) is 11.1 Å². The van der Waals surface area contributed by atoms with Gasteiger partial charge < -0.3 is 5.11 Å². The molecule has 2 rings (SSSR count). The zero-order valence-corrected chi connectivity index (χ0v) is 9.86. The summed E-state index contributed by atoms with van der Waals surface area (Å²) in [4.78, 5) is 10.9. The Labute approximate surface area is 113 Å². The second kappa shape index (κ2) is 5.12. The van der Waals surface area contributed by atoms with Gasteiger partial charge in [0.15, 0.2) is 23.3 Å². The smallest absolute Gasteiger partial charge is 0.336 e. The molecule has 0 bridgehead atoms. The number of aromatic carboxylic acids is 1. The zero-order chi connectivity index (χ0) is 15.9. The molecule has 0 aliphatic rings. The van der Waals surface area contributed by atoms with Crippen molar-refractivity contribution in [2.75, 3.05) is 0 Å². The van der Waals surface area contributed by atoms with Crippen molar-refractivity contribution in [1.29, 1.82) is 0 Å². The molecule has 0 unspecified atom stereocenters. The third kappa shape index (κ3) is 2.32. The molecule has 0 saturated carbocycles. The maximum absolute atomic E-state index is 13.6. The fourth-order valence-corrected chi connectivity index (χ4v) is 1.75. The van der Waals surface area contributed by atoms with Gasteiger partial charge in [-0.2, -0.15) is 0 Å². The highest BCUT2D eigenvalue weighted by Crippen LogP contribution is 2.34. The van der Waals surface area contributed by atoms with Crippen LogP contribution in [0.2, 0.25) is 0 Å². The summed E-state index contributed by atoms with van der Waals surface area (Å²) in [6, 6.07) is 1.71. The van der Waals surface area contributed by atoms with Gasteiger partial charge in [0, 0.05) is 5.56 Å². The summed E-state index contributed by atoms with van der Waals surface area (Å²) in [5.41, 5.74) is -3.25. The van der Waals surface area contributed by atoms with Gasteiger partial charge in [-0.05, 0) is 18.2 Å². The Balaban J connectivity index is 2.92. The van der Waals surface area contributed by atoms with Crippen LogP contribution in [0, 0.1) is 34.9 Å². The first-order valence-corrected chi connectivity index (χ1v) is 5.30. The van der Waals surface area contributed by atoms with Crippen LogP contribution in [0.4, 0.5) is 26.3 Å². The molecule has 0 aromatic heterocycles. The molecule has 0 atom stereocenters. The summed E-state index contributed by atoms with van der Waals surface area (Å²) in [5.74, 6) is -14.2. The fourth-order valence-electron chi connectivity index (χ4n) is 1.75. The molecule has 2 nitrogen and oxygen atoms in total. The number of rotatable bonds is 2. The average molecular weight is 306 g/mol. The second-order valence-electron chi connectivity index (χ2n) is 3.94. The van der Waals surface area contributed by atoms with E-state index in [0.717, 1.165) is 0 Å². The number of halogens is 6. The van der Waals surface area contributed by atoms with Crippen molar-refractivity contribution >= 4 is 5.97 Å². The van der Waals surface area contributed by atoms with Gasteiger partial charge in [-0.25, -0.2) is 31.1 Å². The van der Waals surface area contributed by atoms with Crippen molar-refractivity contribution in [3.63, 3.8) is 0 Å². The average Bonchev–Trinajstić information content (AvgIpc) is 2.43. The molecule has 21 heavy (non-hydrogen) atoms. The van der Waals surface area contributed by atoms with Crippen molar-refractivity contribution in [3.05, 3.63) is 58.7 Å². The molecule has 0 fully saturated rings. The topological polar surface area (TPSA) is 37.3 Å². The Morgan fingerprint density at radius 3 is 1.76 bits per heavy atom. The van der Waals surface area contributed by atoms with Crippen molar-refractivity contribution in [2.24, 2.45) is 0 Å². The minimum atomic E-state index is -2.39. The highest BCUT2D eigenvalue weighted by Gasteiger charge is 2.29. The lowest BCUT2D eigenvalue weighted by Gasteiger charge is -2.11. The number of carbonyl (C=O) groups is 1. The third-order valence-electron chi connectivity index (χ3n) is 2.69. The Kier molecular flexibility index (Phi) is 3.63. The molecule has 2 aromatic rings. The maximum atomic E-state index is 13.6. The first-order valence-electron chi connectivity index (χ1n) is 5.30. The SMILES string of the molecule is O=C(O)c1ccc(F)cc1-c1c(F)c(F)c(F)c(F)c1F. The molecular formula is C13H4F6O2. The van der Waals surface area contributed by atoms with Gasteiger partial charge in [-0.1, -0.05) is 0 Å². The Morgan fingerprint density at radius 1 is 0.810 bits per heavy atom. The lowest BCUT2D eigenvalue weighted by molar-refractivity contribution is 0.0697. The van der Waals surface area contributed by atoms with Crippen molar-refractivity contribution in [3.8, 4) is 11.1 Å². The van der Waals surface area contributed by atoms with Crippen LogP contribution in [0.1, 0.15) is 10.4 Å². The van der Waals surface area contributed by atoms with E-state index in [1.807, 2.05) is 0 Å². The van der Waals surface area contributed by atoms with E-state index in [1.54, 1.807) is 0 Å². The molecule has 0 amide bonds. The van der Waals surface area contributed by atoms with Crippen LogP contribution in [0.25, 0.3) is 11.1 Å². The molecule has 8 heteroatoms. The van der Waals surface area contributed by atoms with Crippen molar-refractivity contribution in [1.82, 2.24) is 0 Å². The normalized spacial score (nSPS) is 10.8. The second-order valence-corrected chi connectivity index (χ2v) is 3.94. The summed E-state index contributed by atoms with van der Waals surface area (Å²) in [7, 11) is 0. The minimum Gasteiger partial charge on any atom is -0.478 e. The third-order valence-corrected chi connectivity index (χ3v) is 2.69. The van der Waals surface area contributed by atoms with Crippen LogP contribution in [0.3, 0.4) is 0 Å². The molecule has 1 N–H and O–H groups in total. The number of carboxylic acid groups (broad SMARTS) is 1. The first-order chi connectivity index (χ1) is 9.75. The number of hydrogen-bond acceptors (Lipinski definition) is 1. The standard InChI is InChI=1S/C13H4F6O2/c14-4-1-2-5(13(20)21)6(3-4)7-8(15)10(17)12(19)11(18)9(7)16/h1-3H,(H,20,21). The predicted molar refractivity (Wildman–Crippen MR) is 58.6 cm³/mol. The van der Waals surface area contributed by atoms with Crippen molar-refractivity contribution in [2.45, 2.75) is 0 Å². The van der Waals surface area contributed by atoms with Gasteiger partial charge in [0.1, 0.15) is 5.82 Å². The molecule has 0 saturated heterocycles. The highest BCUT2D eigenvalue weighted by molar-refractivity contribution is 5.96. The van der Waals surface area contributed by atoms with E-state index in [-0.39, 0.29) is 0 Å². The van der Waals surface area contributed by atoms with Crippen LogP contribution in [-0.2, 0) is 0 Å². The molecule has 2 aromatic carbocycles. The molecule has 0 heterocycles. The largest absolute Gasteiger partial charge is 0.478 e. The van der Waals surface area contributed by atoms with E-state index in [4.69, 9.17) is 5.11 Å². The predicted octanol–water partition coefficient (Wildman–Crippen LogP) is 3.89. The van der Waals surface area contributed by atoms with Gasteiger partial charge in [0.2, 0.25) is 5.82 Å². The minimum absolute atomic E-state index is 0.377. The first kappa shape index (κ1) is 14.9. The molecule has 0 spiro atoms. The molecule has 0 radical (unpaired) electrons. The summed E-state index contributed by atoms with van der Waals surface area (Å²) in [5, 5.41) is 8.86. The number of benzene rings is 2. The molecule has 0 aliphatic heterocycles. The van der Waals surface area contributed by atoms with E-state index in [2.05, 4.69) is 0 Å². The van der Waals surface area contributed by atoms with Crippen LogP contribution < -0.4 is 0 Å². The van der Waals surface area contributed by atoms with Gasteiger partial charge in [-0.15, -0.1) is 0 Å². The van der Waals surface area contributed by atoms with Crippen LogP contribution >= 0.6 is 0 Å².